The van der Waals surface area contributed by atoms with E-state index in [2.05, 4.69) is 203 Å². The van der Waals surface area contributed by atoms with Crippen molar-refractivity contribution in [3.05, 3.63) is 194 Å². The summed E-state index contributed by atoms with van der Waals surface area (Å²) < 4.78 is 7.53. The van der Waals surface area contributed by atoms with Crippen molar-refractivity contribution in [3.63, 3.8) is 0 Å². The Morgan fingerprint density at radius 1 is 0.309 bits per heavy atom. The van der Waals surface area contributed by atoms with Gasteiger partial charge in [0.25, 0.3) is 0 Å². The molecule has 0 fully saturated rings. The van der Waals surface area contributed by atoms with Crippen LogP contribution in [0.25, 0.3) is 108 Å². The molecule has 0 amide bonds. The van der Waals surface area contributed by atoms with Gasteiger partial charge in [0.15, 0.2) is 0 Å². The highest BCUT2D eigenvalue weighted by molar-refractivity contribution is 7.26. The normalized spacial score (nSPS) is 12.0. The van der Waals surface area contributed by atoms with Gasteiger partial charge in [0.1, 0.15) is 0 Å². The third-order valence-electron chi connectivity index (χ3n) is 11.5. The molecule has 9 aromatic carbocycles. The van der Waals surface area contributed by atoms with E-state index in [0.717, 1.165) is 5.69 Å². The summed E-state index contributed by atoms with van der Waals surface area (Å²) in [4.78, 5) is 0. The molecule has 12 rings (SSSR count). The lowest BCUT2D eigenvalue weighted by Crippen LogP contribution is -1.94. The molecule has 0 atom stereocenters. The van der Waals surface area contributed by atoms with E-state index >= 15 is 0 Å². The summed E-state index contributed by atoms with van der Waals surface area (Å²) in [5.41, 5.74) is 12.1. The predicted octanol–water partition coefficient (Wildman–Crippen LogP) is 14.7. The van der Waals surface area contributed by atoms with E-state index in [-0.39, 0.29) is 0 Å². The lowest BCUT2D eigenvalue weighted by Gasteiger charge is -2.11. The number of fused-ring (bicyclic) bond motifs is 11. The number of hydrogen-bond acceptors (Lipinski definition) is 1. The van der Waals surface area contributed by atoms with Crippen LogP contribution in [-0.4, -0.2) is 9.13 Å². The number of hydrogen-bond donors (Lipinski definition) is 0. The molecule has 0 bridgehead atoms. The molecule has 2 nitrogen and oxygen atoms in total. The van der Waals surface area contributed by atoms with Gasteiger partial charge in [-0.1, -0.05) is 127 Å². The van der Waals surface area contributed by atoms with Crippen LogP contribution in [0.1, 0.15) is 0 Å². The van der Waals surface area contributed by atoms with E-state index in [0.29, 0.717) is 0 Å². The lowest BCUT2D eigenvalue weighted by molar-refractivity contribution is 1.19. The number of thiophene rings is 1. The second kappa shape index (κ2) is 11.8. The third-order valence-corrected chi connectivity index (χ3v) is 12.6. The van der Waals surface area contributed by atoms with Crippen LogP contribution in [-0.2, 0) is 0 Å². The van der Waals surface area contributed by atoms with Gasteiger partial charge in [0, 0.05) is 53.1 Å². The Hall–Kier alpha value is -6.94. The van der Waals surface area contributed by atoms with Gasteiger partial charge in [-0.2, -0.15) is 0 Å². The lowest BCUT2D eigenvalue weighted by atomic mass is 10.00. The SMILES string of the molecule is c1ccc(-c2ccc(-n3c4ccc(-c5ccc6c(c5)c5ccccc5n6-c5ccc6ccccc6c5)cc4c4ccc5sc6ccccc6c5c43)cc2)cc1. The zero-order valence-electron chi connectivity index (χ0n) is 29.8. The van der Waals surface area contributed by atoms with E-state index in [1.807, 2.05) is 11.3 Å². The van der Waals surface area contributed by atoms with E-state index in [1.165, 1.54) is 102 Å². The number of para-hydroxylation sites is 1. The highest BCUT2D eigenvalue weighted by atomic mass is 32.1. The molecule has 0 unspecified atom stereocenters. The fourth-order valence-electron chi connectivity index (χ4n) is 8.94. The van der Waals surface area contributed by atoms with Crippen molar-refractivity contribution in [2.75, 3.05) is 0 Å². The molecule has 3 aromatic heterocycles. The summed E-state index contributed by atoms with van der Waals surface area (Å²) in [6.45, 7) is 0. The van der Waals surface area contributed by atoms with Crippen LogP contribution in [0.15, 0.2) is 194 Å². The largest absolute Gasteiger partial charge is 0.309 e. The number of nitrogens with zero attached hydrogens (tertiary/aromatic N) is 2. The van der Waals surface area contributed by atoms with Crippen LogP contribution in [0, 0.1) is 0 Å². The van der Waals surface area contributed by atoms with Gasteiger partial charge in [-0.25, -0.2) is 0 Å². The Balaban J connectivity index is 1.07. The van der Waals surface area contributed by atoms with Crippen molar-refractivity contribution in [2.45, 2.75) is 0 Å². The maximum absolute atomic E-state index is 2.49. The molecule has 0 aliphatic heterocycles. The standard InChI is InChI=1S/C52H32N2S/c1-2-10-33(11-3-1)35-18-23-39(24-19-35)54-48-28-22-38(32-45(48)42-26-29-50-51(52(42)54)43-15-7-9-17-49(43)55-50)37-21-27-47-44(31-37)41-14-6-8-16-46(41)53(47)40-25-20-34-12-4-5-13-36(34)30-40/h1-32H. The average molecular weight is 717 g/mol. The molecule has 0 radical (unpaired) electrons. The van der Waals surface area contributed by atoms with Gasteiger partial charge >= 0.3 is 0 Å². The molecule has 12 aromatic rings. The molecule has 0 saturated heterocycles. The number of aromatic nitrogens is 2. The quantitative estimate of drug-likeness (QED) is 0.172. The monoisotopic (exact) mass is 716 g/mol. The van der Waals surface area contributed by atoms with Gasteiger partial charge in [-0.3, -0.25) is 0 Å². The van der Waals surface area contributed by atoms with Crippen LogP contribution in [0.5, 0.6) is 0 Å². The Morgan fingerprint density at radius 2 is 0.909 bits per heavy atom. The van der Waals surface area contributed by atoms with Crippen LogP contribution >= 0.6 is 11.3 Å². The first-order valence-corrected chi connectivity index (χ1v) is 19.7. The first kappa shape index (κ1) is 30.5. The van der Waals surface area contributed by atoms with Crippen molar-refractivity contribution < 1.29 is 0 Å². The van der Waals surface area contributed by atoms with E-state index in [1.54, 1.807) is 0 Å². The van der Waals surface area contributed by atoms with E-state index in [9.17, 15) is 0 Å². The van der Waals surface area contributed by atoms with Crippen LogP contribution in [0.4, 0.5) is 0 Å². The van der Waals surface area contributed by atoms with Crippen LogP contribution < -0.4 is 0 Å². The summed E-state index contributed by atoms with van der Waals surface area (Å²) in [6, 6.07) is 71.4. The maximum atomic E-state index is 2.49. The molecule has 0 saturated carbocycles. The molecule has 0 aliphatic carbocycles. The Morgan fingerprint density at radius 3 is 1.73 bits per heavy atom. The maximum Gasteiger partial charge on any atom is 0.0634 e. The zero-order valence-corrected chi connectivity index (χ0v) is 30.6. The molecule has 0 N–H and O–H groups in total. The second-order valence-corrected chi connectivity index (χ2v) is 15.6. The molecule has 3 heterocycles. The third kappa shape index (κ3) is 4.60. The summed E-state index contributed by atoms with van der Waals surface area (Å²) in [5.74, 6) is 0. The topological polar surface area (TPSA) is 9.86 Å². The first-order chi connectivity index (χ1) is 27.3. The van der Waals surface area contributed by atoms with Gasteiger partial charge in [0.2, 0.25) is 0 Å². The van der Waals surface area contributed by atoms with E-state index < -0.39 is 0 Å². The van der Waals surface area contributed by atoms with Gasteiger partial charge in [-0.15, -0.1) is 11.3 Å². The van der Waals surface area contributed by atoms with Gasteiger partial charge in [0.05, 0.1) is 22.1 Å². The molecule has 55 heavy (non-hydrogen) atoms. The van der Waals surface area contributed by atoms with Gasteiger partial charge < -0.3 is 9.13 Å². The minimum atomic E-state index is 1.16. The zero-order chi connectivity index (χ0) is 36.0. The van der Waals surface area contributed by atoms with Crippen molar-refractivity contribution in [2.24, 2.45) is 0 Å². The van der Waals surface area contributed by atoms with Gasteiger partial charge in [-0.05, 0) is 99.8 Å². The molecular weight excluding hydrogens is 685 g/mol. The van der Waals surface area contributed by atoms with Crippen molar-refractivity contribution in [3.8, 4) is 33.6 Å². The first-order valence-electron chi connectivity index (χ1n) is 18.8. The summed E-state index contributed by atoms with van der Waals surface area (Å²) in [5, 5.41) is 10.2. The Kier molecular flexibility index (Phi) is 6.54. The molecule has 256 valence electrons. The second-order valence-electron chi connectivity index (χ2n) is 14.5. The summed E-state index contributed by atoms with van der Waals surface area (Å²) in [7, 11) is 0. The molecule has 0 aliphatic rings. The predicted molar refractivity (Wildman–Crippen MR) is 236 cm³/mol. The smallest absolute Gasteiger partial charge is 0.0634 e. The summed E-state index contributed by atoms with van der Waals surface area (Å²) >= 11 is 1.88. The fourth-order valence-corrected chi connectivity index (χ4v) is 10.1. The molecular formula is C52H32N2S. The minimum absolute atomic E-state index is 1.16. The van der Waals surface area contributed by atoms with Crippen molar-refractivity contribution in [1.82, 2.24) is 9.13 Å². The highest BCUT2D eigenvalue weighted by Crippen LogP contribution is 2.44. The molecule has 3 heteroatoms. The minimum Gasteiger partial charge on any atom is -0.309 e. The van der Waals surface area contributed by atoms with Crippen molar-refractivity contribution in [1.29, 1.82) is 0 Å². The summed E-state index contributed by atoms with van der Waals surface area (Å²) in [6.07, 6.45) is 0. The van der Waals surface area contributed by atoms with E-state index in [4.69, 9.17) is 0 Å². The highest BCUT2D eigenvalue weighted by Gasteiger charge is 2.20. The van der Waals surface area contributed by atoms with Crippen LogP contribution in [0.3, 0.4) is 0 Å². The molecule has 0 spiro atoms. The van der Waals surface area contributed by atoms with Crippen LogP contribution in [0.2, 0.25) is 0 Å². The Bertz CT molecular complexity index is 3470. The number of rotatable bonds is 4. The Labute approximate surface area is 321 Å². The number of benzene rings is 9. The average Bonchev–Trinajstić information content (AvgIpc) is 3.91. The fraction of sp³-hybridized carbons (Fsp3) is 0. The van der Waals surface area contributed by atoms with Crippen molar-refractivity contribution >= 4 is 85.9 Å².